The zero-order chi connectivity index (χ0) is 15.4. The third-order valence-electron chi connectivity index (χ3n) is 4.00. The number of hydrogen-bond donors (Lipinski definition) is 2. The van der Waals surface area contributed by atoms with Gasteiger partial charge in [-0.05, 0) is 24.6 Å². The summed E-state index contributed by atoms with van der Waals surface area (Å²) in [5, 5.41) is 18.5. The Morgan fingerprint density at radius 3 is 2.57 bits per heavy atom. The fourth-order valence-corrected chi connectivity index (χ4v) is 2.66. The summed E-state index contributed by atoms with van der Waals surface area (Å²) in [6.45, 7) is 5.39. The number of hydrogen-bond acceptors (Lipinski definition) is 5. The van der Waals surface area contributed by atoms with Crippen LogP contribution >= 0.6 is 0 Å². The van der Waals surface area contributed by atoms with Gasteiger partial charge in [0.15, 0.2) is 11.5 Å². The number of carbonyl (C=O) groups is 1. The highest BCUT2D eigenvalue weighted by Crippen LogP contribution is 2.31. The predicted octanol–water partition coefficient (Wildman–Crippen LogP) is 1.16. The Hall–Kier alpha value is -1.79. The van der Waals surface area contributed by atoms with Gasteiger partial charge in [0.05, 0.1) is 13.7 Å². The summed E-state index contributed by atoms with van der Waals surface area (Å²) in [7, 11) is 1.54. The average molecular weight is 294 g/mol. The number of nitrogens with zero attached hydrogens (tertiary/aromatic N) is 2. The van der Waals surface area contributed by atoms with E-state index in [0.29, 0.717) is 5.75 Å². The van der Waals surface area contributed by atoms with Crippen molar-refractivity contribution in [2.24, 2.45) is 0 Å². The highest BCUT2D eigenvalue weighted by molar-refractivity contribution is 5.69. The summed E-state index contributed by atoms with van der Waals surface area (Å²) >= 11 is 0. The van der Waals surface area contributed by atoms with Gasteiger partial charge in [-0.2, -0.15) is 0 Å². The van der Waals surface area contributed by atoms with Crippen LogP contribution in [0.15, 0.2) is 18.2 Å². The lowest BCUT2D eigenvalue weighted by Gasteiger charge is -2.37. The largest absolute Gasteiger partial charge is 0.504 e. The van der Waals surface area contributed by atoms with Gasteiger partial charge in [-0.1, -0.05) is 6.07 Å². The Morgan fingerprint density at radius 2 is 2.00 bits per heavy atom. The third-order valence-corrected chi connectivity index (χ3v) is 4.00. The number of aliphatic carboxylic acids is 1. The van der Waals surface area contributed by atoms with E-state index in [0.717, 1.165) is 31.7 Å². The Balaban J connectivity index is 1.98. The molecular formula is C15H22N2O4. The first-order chi connectivity index (χ1) is 10.0. The molecule has 1 heterocycles. The molecule has 0 saturated carbocycles. The fraction of sp³-hybridized carbons (Fsp3) is 0.533. The summed E-state index contributed by atoms with van der Waals surface area (Å²) in [5.74, 6) is -0.164. The molecule has 116 valence electrons. The van der Waals surface area contributed by atoms with E-state index in [1.165, 1.54) is 7.11 Å². The van der Waals surface area contributed by atoms with Crippen LogP contribution in [0, 0.1) is 0 Å². The average Bonchev–Trinajstić information content (AvgIpc) is 2.47. The fourth-order valence-electron chi connectivity index (χ4n) is 2.66. The van der Waals surface area contributed by atoms with Crippen molar-refractivity contribution in [3.63, 3.8) is 0 Å². The van der Waals surface area contributed by atoms with E-state index in [9.17, 15) is 9.90 Å². The van der Waals surface area contributed by atoms with E-state index in [1.807, 2.05) is 17.0 Å². The van der Waals surface area contributed by atoms with Gasteiger partial charge >= 0.3 is 5.97 Å². The molecule has 1 aromatic rings. The van der Waals surface area contributed by atoms with Gasteiger partial charge < -0.3 is 14.9 Å². The molecule has 2 N–H and O–H groups in total. The molecule has 6 nitrogen and oxygen atoms in total. The number of carboxylic acid groups (broad SMARTS) is 1. The lowest BCUT2D eigenvalue weighted by molar-refractivity contribution is -0.138. The Kier molecular flexibility index (Phi) is 5.03. The van der Waals surface area contributed by atoms with Crippen LogP contribution in [0.4, 0.5) is 0 Å². The van der Waals surface area contributed by atoms with Crippen molar-refractivity contribution in [2.45, 2.75) is 13.0 Å². The van der Waals surface area contributed by atoms with Crippen molar-refractivity contribution in [1.82, 2.24) is 9.80 Å². The molecule has 0 aromatic heterocycles. The van der Waals surface area contributed by atoms with Gasteiger partial charge in [-0.25, -0.2) is 0 Å². The van der Waals surface area contributed by atoms with Gasteiger partial charge in [-0.15, -0.1) is 0 Å². The van der Waals surface area contributed by atoms with Gasteiger partial charge in [0.1, 0.15) is 0 Å². The predicted molar refractivity (Wildman–Crippen MR) is 78.7 cm³/mol. The van der Waals surface area contributed by atoms with Gasteiger partial charge in [0.2, 0.25) is 0 Å². The first-order valence-corrected chi connectivity index (χ1v) is 7.06. The normalized spacial score (nSPS) is 18.4. The van der Waals surface area contributed by atoms with Crippen LogP contribution < -0.4 is 4.74 Å². The molecule has 0 aliphatic carbocycles. The van der Waals surface area contributed by atoms with Crippen molar-refractivity contribution in [3.05, 3.63) is 23.8 Å². The summed E-state index contributed by atoms with van der Waals surface area (Å²) in [6, 6.07) is 5.59. The van der Waals surface area contributed by atoms with Crippen molar-refractivity contribution >= 4 is 5.97 Å². The SMILES string of the molecule is COc1cc(C(C)N2CCN(CC(=O)O)CC2)ccc1O. The van der Waals surface area contributed by atoms with Crippen molar-refractivity contribution in [3.8, 4) is 11.5 Å². The van der Waals surface area contributed by atoms with E-state index < -0.39 is 5.97 Å². The molecule has 21 heavy (non-hydrogen) atoms. The second kappa shape index (κ2) is 6.78. The van der Waals surface area contributed by atoms with Crippen LogP contribution in [0.3, 0.4) is 0 Å². The van der Waals surface area contributed by atoms with Gasteiger partial charge in [-0.3, -0.25) is 14.6 Å². The van der Waals surface area contributed by atoms with Gasteiger partial charge in [0, 0.05) is 32.2 Å². The minimum atomic E-state index is -0.778. The van der Waals surface area contributed by atoms with E-state index in [4.69, 9.17) is 9.84 Å². The lowest BCUT2D eigenvalue weighted by Crippen LogP contribution is -2.48. The second-order valence-electron chi connectivity index (χ2n) is 5.31. The molecule has 0 radical (unpaired) electrons. The van der Waals surface area contributed by atoms with Gasteiger partial charge in [0.25, 0.3) is 0 Å². The van der Waals surface area contributed by atoms with Crippen LogP contribution in [-0.4, -0.2) is 65.8 Å². The molecule has 0 spiro atoms. The first kappa shape index (κ1) is 15.6. The molecule has 1 saturated heterocycles. The molecule has 1 fully saturated rings. The maximum atomic E-state index is 10.7. The summed E-state index contributed by atoms with van der Waals surface area (Å²) in [4.78, 5) is 15.0. The van der Waals surface area contributed by atoms with E-state index >= 15 is 0 Å². The van der Waals surface area contributed by atoms with E-state index in [2.05, 4.69) is 11.8 Å². The van der Waals surface area contributed by atoms with Crippen LogP contribution in [0.5, 0.6) is 11.5 Å². The summed E-state index contributed by atoms with van der Waals surface area (Å²) in [5.41, 5.74) is 1.08. The lowest BCUT2D eigenvalue weighted by atomic mass is 10.1. The minimum absolute atomic E-state index is 0.106. The number of rotatable bonds is 5. The maximum Gasteiger partial charge on any atom is 0.317 e. The number of piperazine rings is 1. The Labute approximate surface area is 124 Å². The molecule has 6 heteroatoms. The number of ether oxygens (including phenoxy) is 1. The molecular weight excluding hydrogens is 272 g/mol. The minimum Gasteiger partial charge on any atom is -0.504 e. The third kappa shape index (κ3) is 3.86. The van der Waals surface area contributed by atoms with Crippen molar-refractivity contribution < 1.29 is 19.7 Å². The topological polar surface area (TPSA) is 73.2 Å². The number of methoxy groups -OCH3 is 1. The molecule has 1 aliphatic heterocycles. The number of aromatic hydroxyl groups is 1. The Bertz CT molecular complexity index is 498. The molecule has 1 aliphatic rings. The van der Waals surface area contributed by atoms with Crippen molar-refractivity contribution in [1.29, 1.82) is 0 Å². The molecule has 0 amide bonds. The van der Waals surface area contributed by atoms with Crippen LogP contribution in [0.25, 0.3) is 0 Å². The second-order valence-corrected chi connectivity index (χ2v) is 5.31. The smallest absolute Gasteiger partial charge is 0.317 e. The monoisotopic (exact) mass is 294 g/mol. The Morgan fingerprint density at radius 1 is 1.33 bits per heavy atom. The first-order valence-electron chi connectivity index (χ1n) is 7.06. The van der Waals surface area contributed by atoms with Crippen molar-refractivity contribution in [2.75, 3.05) is 39.8 Å². The van der Waals surface area contributed by atoms with E-state index in [1.54, 1.807) is 6.07 Å². The molecule has 0 bridgehead atoms. The molecule has 1 aromatic carbocycles. The van der Waals surface area contributed by atoms with Crippen LogP contribution in [0.2, 0.25) is 0 Å². The van der Waals surface area contributed by atoms with E-state index in [-0.39, 0.29) is 18.3 Å². The van der Waals surface area contributed by atoms with Crippen LogP contribution in [0.1, 0.15) is 18.5 Å². The molecule has 2 rings (SSSR count). The number of phenolic OH excluding ortho intramolecular Hbond substituents is 1. The zero-order valence-electron chi connectivity index (χ0n) is 12.5. The summed E-state index contributed by atoms with van der Waals surface area (Å²) in [6.07, 6.45) is 0. The zero-order valence-corrected chi connectivity index (χ0v) is 12.5. The quantitative estimate of drug-likeness (QED) is 0.849. The standard InChI is InChI=1S/C15H22N2O4/c1-11(12-3-4-13(18)14(9-12)21-2)17-7-5-16(6-8-17)10-15(19)20/h3-4,9,11,18H,5-8,10H2,1-2H3,(H,19,20). The number of benzene rings is 1. The summed E-state index contributed by atoms with van der Waals surface area (Å²) < 4.78 is 5.14. The highest BCUT2D eigenvalue weighted by atomic mass is 16.5. The maximum absolute atomic E-state index is 10.7. The number of carboxylic acids is 1. The molecule has 1 atom stereocenters. The van der Waals surface area contributed by atoms with Crippen LogP contribution in [-0.2, 0) is 4.79 Å². The number of phenols is 1. The highest BCUT2D eigenvalue weighted by Gasteiger charge is 2.23. The molecule has 1 unspecified atom stereocenters.